The van der Waals surface area contributed by atoms with Gasteiger partial charge in [-0.1, -0.05) is 155 Å². The second kappa shape index (κ2) is 10.5. The summed E-state index contributed by atoms with van der Waals surface area (Å²) >= 11 is 0. The van der Waals surface area contributed by atoms with Crippen LogP contribution in [0.15, 0.2) is 144 Å². The molecule has 0 aliphatic heterocycles. The molecule has 250 valence electrons. The van der Waals surface area contributed by atoms with Crippen molar-refractivity contribution in [1.29, 1.82) is 0 Å². The molecule has 1 heterocycles. The zero-order valence-corrected chi connectivity index (χ0v) is 30.2. The average Bonchev–Trinajstić information content (AvgIpc) is 3.69. The molecule has 7 aromatic carbocycles. The first-order chi connectivity index (χ1) is 25.3. The van der Waals surface area contributed by atoms with Crippen molar-refractivity contribution in [2.24, 2.45) is 0 Å². The van der Waals surface area contributed by atoms with E-state index in [1.165, 1.54) is 88.7 Å². The Morgan fingerprint density at radius 2 is 1.19 bits per heavy atom. The Balaban J connectivity index is 1.01. The maximum atomic E-state index is 6.47. The van der Waals surface area contributed by atoms with E-state index in [4.69, 9.17) is 4.42 Å². The van der Waals surface area contributed by atoms with Gasteiger partial charge in [0.05, 0.1) is 0 Å². The number of benzene rings is 7. The first-order valence-corrected chi connectivity index (χ1v) is 18.9. The monoisotopic (exact) mass is 668 g/mol. The van der Waals surface area contributed by atoms with E-state index < -0.39 is 0 Å². The van der Waals surface area contributed by atoms with Gasteiger partial charge in [-0.3, -0.25) is 0 Å². The SMILES string of the molecule is CC1(C)c2cc(-c3cccc4c3oc3ccccc34)ccc2-c2ccc(C3CCc4ccc5c(c4-c4ccccc43)C(C)(C)c3ccccc3-5)cc21. The predicted molar refractivity (Wildman–Crippen MR) is 216 cm³/mol. The van der Waals surface area contributed by atoms with Gasteiger partial charge >= 0.3 is 0 Å². The second-order valence-corrected chi connectivity index (χ2v) is 16.3. The van der Waals surface area contributed by atoms with Crippen LogP contribution in [0.2, 0.25) is 0 Å². The topological polar surface area (TPSA) is 13.1 Å². The average molecular weight is 669 g/mol. The Morgan fingerprint density at radius 3 is 2.08 bits per heavy atom. The lowest BCUT2D eigenvalue weighted by Crippen LogP contribution is -2.17. The molecule has 11 rings (SSSR count). The zero-order chi connectivity index (χ0) is 34.9. The van der Waals surface area contributed by atoms with Crippen molar-refractivity contribution in [3.05, 3.63) is 178 Å². The van der Waals surface area contributed by atoms with Crippen LogP contribution in [-0.2, 0) is 17.3 Å². The van der Waals surface area contributed by atoms with Gasteiger partial charge in [0.1, 0.15) is 11.2 Å². The lowest BCUT2D eigenvalue weighted by atomic mass is 9.76. The first-order valence-electron chi connectivity index (χ1n) is 18.9. The summed E-state index contributed by atoms with van der Waals surface area (Å²) in [6, 6.07) is 52.5. The molecule has 0 saturated heterocycles. The molecular formula is C51H40O. The molecule has 52 heavy (non-hydrogen) atoms. The van der Waals surface area contributed by atoms with Gasteiger partial charge in [-0.2, -0.15) is 0 Å². The number of furan rings is 1. The van der Waals surface area contributed by atoms with Crippen molar-refractivity contribution in [3.8, 4) is 44.5 Å². The van der Waals surface area contributed by atoms with Gasteiger partial charge < -0.3 is 4.42 Å². The van der Waals surface area contributed by atoms with Crippen LogP contribution in [0.25, 0.3) is 66.4 Å². The zero-order valence-electron chi connectivity index (χ0n) is 30.2. The molecule has 3 aliphatic rings. The smallest absolute Gasteiger partial charge is 0.143 e. The van der Waals surface area contributed by atoms with E-state index in [0.29, 0.717) is 5.92 Å². The number of para-hydroxylation sites is 2. The Bertz CT molecular complexity index is 2800. The fourth-order valence-electron chi connectivity index (χ4n) is 10.4. The van der Waals surface area contributed by atoms with E-state index in [1.54, 1.807) is 0 Å². The summed E-state index contributed by atoms with van der Waals surface area (Å²) in [5.41, 5.74) is 22.6. The van der Waals surface area contributed by atoms with Gasteiger partial charge in [0.2, 0.25) is 0 Å². The Labute approximate surface area is 305 Å². The van der Waals surface area contributed by atoms with Crippen LogP contribution in [0.4, 0.5) is 0 Å². The molecule has 0 spiro atoms. The summed E-state index contributed by atoms with van der Waals surface area (Å²) < 4.78 is 6.47. The fourth-order valence-corrected chi connectivity index (χ4v) is 10.4. The molecule has 0 bridgehead atoms. The Morgan fingerprint density at radius 1 is 0.519 bits per heavy atom. The summed E-state index contributed by atoms with van der Waals surface area (Å²) in [4.78, 5) is 0. The molecule has 1 nitrogen and oxygen atoms in total. The highest BCUT2D eigenvalue weighted by Gasteiger charge is 2.40. The van der Waals surface area contributed by atoms with Gasteiger partial charge in [-0.25, -0.2) is 0 Å². The minimum Gasteiger partial charge on any atom is -0.455 e. The fraction of sp³-hybridized carbons (Fsp3) is 0.176. The number of fused-ring (bicyclic) bond motifs is 13. The lowest BCUT2D eigenvalue weighted by molar-refractivity contribution is 0.655. The summed E-state index contributed by atoms with van der Waals surface area (Å²) in [6.07, 6.45) is 2.15. The molecule has 1 unspecified atom stereocenters. The summed E-state index contributed by atoms with van der Waals surface area (Å²) in [5, 5.41) is 2.34. The van der Waals surface area contributed by atoms with E-state index >= 15 is 0 Å². The number of hydrogen-bond acceptors (Lipinski definition) is 1. The van der Waals surface area contributed by atoms with Gasteiger partial charge in [-0.15, -0.1) is 0 Å². The van der Waals surface area contributed by atoms with E-state index in [0.717, 1.165) is 29.6 Å². The van der Waals surface area contributed by atoms with E-state index in [2.05, 4.69) is 161 Å². The van der Waals surface area contributed by atoms with Crippen LogP contribution >= 0.6 is 0 Å². The Kier molecular flexibility index (Phi) is 6.03. The van der Waals surface area contributed by atoms with Crippen LogP contribution < -0.4 is 0 Å². The molecule has 8 aromatic rings. The minimum absolute atomic E-state index is 0.0532. The predicted octanol–water partition coefficient (Wildman–Crippen LogP) is 13.6. The standard InChI is InChI=1S/C51H40O/c1-50(2)44-28-31(22-25-37(44)38-26-23-32(29-45(38)50)34-16-11-17-42-39-14-8-10-19-46(39)52-49(34)42)33-24-20-30-21-27-41-36-13-7-9-18-43(36)51(3,4)48(41)47(30)40-15-6-5-12-35(33)40/h5-19,21-23,25-29,33H,20,24H2,1-4H3. The van der Waals surface area contributed by atoms with Gasteiger partial charge in [0.25, 0.3) is 0 Å². The van der Waals surface area contributed by atoms with E-state index in [1.807, 2.05) is 6.07 Å². The number of rotatable bonds is 2. The van der Waals surface area contributed by atoms with Gasteiger partial charge in [-0.05, 0) is 103 Å². The third kappa shape index (κ3) is 3.94. The third-order valence-corrected chi connectivity index (χ3v) is 12.9. The van der Waals surface area contributed by atoms with Crippen molar-refractivity contribution in [2.75, 3.05) is 0 Å². The molecule has 0 saturated carbocycles. The van der Waals surface area contributed by atoms with Gasteiger partial charge in [0, 0.05) is 33.1 Å². The van der Waals surface area contributed by atoms with Crippen LogP contribution in [0.5, 0.6) is 0 Å². The van der Waals surface area contributed by atoms with Crippen LogP contribution in [0.1, 0.15) is 79.0 Å². The van der Waals surface area contributed by atoms with E-state index in [-0.39, 0.29) is 10.8 Å². The quantitative estimate of drug-likeness (QED) is 0.179. The highest BCUT2D eigenvalue weighted by molar-refractivity contribution is 6.09. The maximum absolute atomic E-state index is 6.47. The van der Waals surface area contributed by atoms with Crippen molar-refractivity contribution >= 4 is 21.9 Å². The van der Waals surface area contributed by atoms with Crippen molar-refractivity contribution < 1.29 is 4.42 Å². The largest absolute Gasteiger partial charge is 0.455 e. The van der Waals surface area contributed by atoms with Crippen LogP contribution in [-0.4, -0.2) is 0 Å². The minimum atomic E-state index is -0.137. The highest BCUT2D eigenvalue weighted by atomic mass is 16.3. The van der Waals surface area contributed by atoms with Crippen molar-refractivity contribution in [1.82, 2.24) is 0 Å². The molecule has 1 aromatic heterocycles. The molecule has 0 amide bonds. The lowest BCUT2D eigenvalue weighted by Gasteiger charge is -2.27. The Hall–Kier alpha value is -5.66. The normalized spacial score (nSPS) is 17.2. The number of hydrogen-bond donors (Lipinski definition) is 0. The van der Waals surface area contributed by atoms with Gasteiger partial charge in [0.15, 0.2) is 0 Å². The second-order valence-electron chi connectivity index (χ2n) is 16.3. The summed E-state index contributed by atoms with van der Waals surface area (Å²) in [5.74, 6) is 0.317. The maximum Gasteiger partial charge on any atom is 0.143 e. The van der Waals surface area contributed by atoms with Crippen LogP contribution in [0.3, 0.4) is 0 Å². The van der Waals surface area contributed by atoms with Crippen molar-refractivity contribution in [3.63, 3.8) is 0 Å². The molecule has 0 radical (unpaired) electrons. The molecule has 1 heteroatoms. The molecular weight excluding hydrogens is 629 g/mol. The summed E-state index contributed by atoms with van der Waals surface area (Å²) in [6.45, 7) is 9.66. The molecule has 0 fully saturated rings. The summed E-state index contributed by atoms with van der Waals surface area (Å²) in [7, 11) is 0. The number of aryl methyl sites for hydroxylation is 1. The third-order valence-electron chi connectivity index (χ3n) is 12.9. The molecule has 1 atom stereocenters. The molecule has 3 aliphatic carbocycles. The van der Waals surface area contributed by atoms with E-state index in [9.17, 15) is 0 Å². The van der Waals surface area contributed by atoms with Crippen LogP contribution in [0, 0.1) is 0 Å². The highest BCUT2D eigenvalue weighted by Crippen LogP contribution is 2.56. The molecule has 0 N–H and O–H groups in total. The first kappa shape index (κ1) is 30.0. The van der Waals surface area contributed by atoms with Crippen molar-refractivity contribution in [2.45, 2.75) is 57.3 Å².